The number of piperazine rings is 1. The molecule has 0 saturated carbocycles. The van der Waals surface area contributed by atoms with Gasteiger partial charge in [0, 0.05) is 37.1 Å². The summed E-state index contributed by atoms with van der Waals surface area (Å²) in [5.74, 6) is 0. The van der Waals surface area contributed by atoms with Gasteiger partial charge in [0.1, 0.15) is 0 Å². The Balaban J connectivity index is 1.99. The highest BCUT2D eigenvalue weighted by molar-refractivity contribution is 7.09. The summed E-state index contributed by atoms with van der Waals surface area (Å²) in [6.07, 6.45) is 0. The number of hydrogen-bond donors (Lipinski definition) is 1. The molecule has 0 spiro atoms. The maximum absolute atomic E-state index is 4.28. The van der Waals surface area contributed by atoms with Crippen LogP contribution in [0.5, 0.6) is 0 Å². The van der Waals surface area contributed by atoms with Crippen molar-refractivity contribution in [2.75, 3.05) is 19.6 Å². The Morgan fingerprint density at radius 1 is 1.71 bits per heavy atom. The van der Waals surface area contributed by atoms with Crippen LogP contribution in [0.25, 0.3) is 0 Å². The molecule has 1 aliphatic heterocycles. The van der Waals surface area contributed by atoms with Crippen molar-refractivity contribution < 1.29 is 0 Å². The van der Waals surface area contributed by atoms with Gasteiger partial charge in [-0.1, -0.05) is 0 Å². The van der Waals surface area contributed by atoms with Gasteiger partial charge >= 0.3 is 0 Å². The predicted molar refractivity (Wildman–Crippen MR) is 59.6 cm³/mol. The summed E-state index contributed by atoms with van der Waals surface area (Å²) in [5, 5.41) is 3.40. The lowest BCUT2D eigenvalue weighted by atomic mass is 10.2. The molecule has 14 heavy (non-hydrogen) atoms. The van der Waals surface area contributed by atoms with Crippen molar-refractivity contribution in [2.24, 2.45) is 0 Å². The van der Waals surface area contributed by atoms with Crippen molar-refractivity contribution in [3.05, 3.63) is 16.1 Å². The molecule has 2 heterocycles. The number of thiazole rings is 1. The Hall–Kier alpha value is -0.450. The summed E-state index contributed by atoms with van der Waals surface area (Å²) in [5.41, 5.74) is 3.14. The first kappa shape index (κ1) is 10.1. The van der Waals surface area contributed by atoms with Crippen molar-refractivity contribution in [1.82, 2.24) is 15.2 Å². The third-order valence-electron chi connectivity index (χ3n) is 2.83. The van der Waals surface area contributed by atoms with Crippen LogP contribution < -0.4 is 5.32 Å². The van der Waals surface area contributed by atoms with Crippen LogP contribution in [0.3, 0.4) is 0 Å². The lowest BCUT2D eigenvalue weighted by Gasteiger charge is -2.33. The highest BCUT2D eigenvalue weighted by atomic mass is 32.1. The van der Waals surface area contributed by atoms with Crippen LogP contribution >= 0.6 is 11.3 Å². The second-order valence-corrected chi connectivity index (χ2v) is 4.82. The second kappa shape index (κ2) is 4.38. The van der Waals surface area contributed by atoms with E-state index >= 15 is 0 Å². The van der Waals surface area contributed by atoms with Gasteiger partial charge in [0.25, 0.3) is 0 Å². The standard InChI is InChI=1S/C10H17N3S/c1-8-5-11-3-4-13(8)6-10-9(2)12-7-14-10/h7-8,11H,3-6H2,1-2H3/t8-/m0/s1. The first-order chi connectivity index (χ1) is 6.77. The molecule has 1 saturated heterocycles. The first-order valence-electron chi connectivity index (χ1n) is 5.11. The van der Waals surface area contributed by atoms with E-state index in [1.807, 2.05) is 5.51 Å². The van der Waals surface area contributed by atoms with Gasteiger partial charge in [0.2, 0.25) is 0 Å². The molecule has 1 aromatic heterocycles. The molecule has 0 unspecified atom stereocenters. The van der Waals surface area contributed by atoms with Gasteiger partial charge in [-0.3, -0.25) is 4.90 Å². The third kappa shape index (κ3) is 2.13. The molecular weight excluding hydrogens is 194 g/mol. The zero-order chi connectivity index (χ0) is 9.97. The van der Waals surface area contributed by atoms with Gasteiger partial charge < -0.3 is 5.32 Å². The average Bonchev–Trinajstić information content (AvgIpc) is 2.56. The number of aromatic nitrogens is 1. The summed E-state index contributed by atoms with van der Waals surface area (Å²) >= 11 is 1.77. The van der Waals surface area contributed by atoms with Gasteiger partial charge in [-0.15, -0.1) is 11.3 Å². The van der Waals surface area contributed by atoms with Crippen molar-refractivity contribution in [1.29, 1.82) is 0 Å². The summed E-state index contributed by atoms with van der Waals surface area (Å²) in [6.45, 7) is 8.82. The molecule has 3 nitrogen and oxygen atoms in total. The van der Waals surface area contributed by atoms with E-state index in [0.717, 1.165) is 26.2 Å². The normalized spacial score (nSPS) is 24.0. The summed E-state index contributed by atoms with van der Waals surface area (Å²) in [6, 6.07) is 0.644. The Bertz CT molecular complexity index is 297. The predicted octanol–water partition coefficient (Wildman–Crippen LogP) is 1.25. The van der Waals surface area contributed by atoms with E-state index < -0.39 is 0 Å². The Kier molecular flexibility index (Phi) is 3.15. The molecule has 0 aromatic carbocycles. The fraction of sp³-hybridized carbons (Fsp3) is 0.700. The van der Waals surface area contributed by atoms with Crippen LogP contribution in [0, 0.1) is 6.92 Å². The average molecular weight is 211 g/mol. The van der Waals surface area contributed by atoms with Gasteiger partial charge in [-0.05, 0) is 13.8 Å². The fourth-order valence-electron chi connectivity index (χ4n) is 1.78. The molecule has 1 atom stereocenters. The van der Waals surface area contributed by atoms with E-state index in [0.29, 0.717) is 6.04 Å². The molecule has 78 valence electrons. The highest BCUT2D eigenvalue weighted by Crippen LogP contribution is 2.16. The minimum atomic E-state index is 0.644. The minimum Gasteiger partial charge on any atom is -0.314 e. The number of aryl methyl sites for hydroxylation is 1. The van der Waals surface area contributed by atoms with Crippen molar-refractivity contribution in [3.63, 3.8) is 0 Å². The lowest BCUT2D eigenvalue weighted by Crippen LogP contribution is -2.49. The molecule has 1 N–H and O–H groups in total. The van der Waals surface area contributed by atoms with Crippen molar-refractivity contribution in [2.45, 2.75) is 26.4 Å². The quantitative estimate of drug-likeness (QED) is 0.798. The van der Waals surface area contributed by atoms with E-state index in [1.165, 1.54) is 10.6 Å². The first-order valence-corrected chi connectivity index (χ1v) is 5.99. The topological polar surface area (TPSA) is 28.2 Å². The zero-order valence-electron chi connectivity index (χ0n) is 8.79. The lowest BCUT2D eigenvalue weighted by molar-refractivity contribution is 0.167. The van der Waals surface area contributed by atoms with Gasteiger partial charge in [-0.25, -0.2) is 4.98 Å². The van der Waals surface area contributed by atoms with Crippen LogP contribution in [0.4, 0.5) is 0 Å². The second-order valence-electron chi connectivity index (χ2n) is 3.88. The third-order valence-corrected chi connectivity index (χ3v) is 3.75. The molecule has 0 radical (unpaired) electrons. The Labute approximate surface area is 89.1 Å². The molecule has 0 aliphatic carbocycles. The molecule has 1 aliphatic rings. The van der Waals surface area contributed by atoms with Gasteiger partial charge in [0.15, 0.2) is 0 Å². The van der Waals surface area contributed by atoms with Crippen LogP contribution in [-0.2, 0) is 6.54 Å². The summed E-state index contributed by atoms with van der Waals surface area (Å²) < 4.78 is 0. The van der Waals surface area contributed by atoms with Crippen molar-refractivity contribution in [3.8, 4) is 0 Å². The summed E-state index contributed by atoms with van der Waals surface area (Å²) in [4.78, 5) is 8.22. The highest BCUT2D eigenvalue weighted by Gasteiger charge is 2.18. The smallest absolute Gasteiger partial charge is 0.0798 e. The van der Waals surface area contributed by atoms with Crippen LogP contribution in [0.2, 0.25) is 0 Å². The van der Waals surface area contributed by atoms with Gasteiger partial charge in [0.05, 0.1) is 11.2 Å². The Morgan fingerprint density at radius 2 is 2.57 bits per heavy atom. The van der Waals surface area contributed by atoms with E-state index in [9.17, 15) is 0 Å². The van der Waals surface area contributed by atoms with E-state index in [2.05, 4.69) is 29.0 Å². The van der Waals surface area contributed by atoms with Gasteiger partial charge in [-0.2, -0.15) is 0 Å². The zero-order valence-corrected chi connectivity index (χ0v) is 9.60. The van der Waals surface area contributed by atoms with Crippen LogP contribution in [0.1, 0.15) is 17.5 Å². The van der Waals surface area contributed by atoms with Crippen LogP contribution in [0.15, 0.2) is 5.51 Å². The largest absolute Gasteiger partial charge is 0.314 e. The van der Waals surface area contributed by atoms with Crippen molar-refractivity contribution >= 4 is 11.3 Å². The monoisotopic (exact) mass is 211 g/mol. The molecule has 0 bridgehead atoms. The van der Waals surface area contributed by atoms with Crippen LogP contribution in [-0.4, -0.2) is 35.6 Å². The minimum absolute atomic E-state index is 0.644. The number of nitrogens with zero attached hydrogens (tertiary/aromatic N) is 2. The SMILES string of the molecule is Cc1ncsc1CN1CCNC[C@@H]1C. The number of rotatable bonds is 2. The Morgan fingerprint density at radius 3 is 3.21 bits per heavy atom. The van der Waals surface area contributed by atoms with E-state index in [1.54, 1.807) is 11.3 Å². The summed E-state index contributed by atoms with van der Waals surface area (Å²) in [7, 11) is 0. The number of nitrogens with one attached hydrogen (secondary N) is 1. The maximum atomic E-state index is 4.28. The molecule has 0 amide bonds. The van der Waals surface area contributed by atoms with E-state index in [4.69, 9.17) is 0 Å². The maximum Gasteiger partial charge on any atom is 0.0798 e. The molecule has 1 fully saturated rings. The van der Waals surface area contributed by atoms with E-state index in [-0.39, 0.29) is 0 Å². The fourth-order valence-corrected chi connectivity index (χ4v) is 2.58. The molecule has 4 heteroatoms. The molecular formula is C10H17N3S. The molecule has 1 aromatic rings. The molecule has 2 rings (SSSR count). The number of hydrogen-bond acceptors (Lipinski definition) is 4.